The molecule has 0 amide bonds. The molecular weight excluding hydrogens is 232 g/mol. The molecule has 2 atom stereocenters. The van der Waals surface area contributed by atoms with Gasteiger partial charge in [-0.15, -0.1) is 11.6 Å². The topological polar surface area (TPSA) is 9.23 Å². The molecule has 0 N–H and O–H groups in total. The molecule has 94 valence electrons. The maximum Gasteiger partial charge on any atom is 0.0552 e. The second-order valence-corrected chi connectivity index (χ2v) is 5.44. The molecule has 0 aromatic heterocycles. The van der Waals surface area contributed by atoms with Crippen LogP contribution in [0.4, 0.5) is 0 Å². The lowest BCUT2D eigenvalue weighted by molar-refractivity contribution is 0.0865. The summed E-state index contributed by atoms with van der Waals surface area (Å²) in [6, 6.07) is 8.75. The molecule has 0 fully saturated rings. The van der Waals surface area contributed by atoms with Crippen molar-refractivity contribution in [3.05, 3.63) is 35.4 Å². The zero-order valence-electron chi connectivity index (χ0n) is 10.7. The van der Waals surface area contributed by atoms with Crippen LogP contribution in [0.25, 0.3) is 0 Å². The normalized spacial score (nSPS) is 25.4. The molecule has 0 saturated heterocycles. The molecule has 1 aliphatic rings. The van der Waals surface area contributed by atoms with Gasteiger partial charge >= 0.3 is 0 Å². The summed E-state index contributed by atoms with van der Waals surface area (Å²) in [5.41, 5.74) is 3.04. The first-order chi connectivity index (χ1) is 8.22. The Kier molecular flexibility index (Phi) is 4.11. The molecule has 2 unspecified atom stereocenters. The number of benzene rings is 1. The van der Waals surface area contributed by atoms with Crippen molar-refractivity contribution >= 4 is 11.6 Å². The monoisotopic (exact) mass is 252 g/mol. The molecule has 0 aliphatic heterocycles. The fraction of sp³-hybridized carbons (Fsp3) is 0.600. The third-order valence-electron chi connectivity index (χ3n) is 4.03. The summed E-state index contributed by atoms with van der Waals surface area (Å²) in [6.45, 7) is 2.13. The second kappa shape index (κ2) is 5.41. The van der Waals surface area contributed by atoms with E-state index in [0.717, 1.165) is 6.42 Å². The Morgan fingerprint density at radius 3 is 2.88 bits per heavy atom. The number of methoxy groups -OCH3 is 1. The van der Waals surface area contributed by atoms with E-state index < -0.39 is 0 Å². The van der Waals surface area contributed by atoms with E-state index in [-0.39, 0.29) is 11.5 Å². The standard InChI is InChI=1S/C15H21ClO/c1-12(17-2)10-15(11-16)9-5-7-13-6-3-4-8-14(13)15/h3-4,6,8,12H,5,7,9-11H2,1-2H3. The third-order valence-corrected chi connectivity index (χ3v) is 4.54. The van der Waals surface area contributed by atoms with Gasteiger partial charge in [0.2, 0.25) is 0 Å². The Bertz CT molecular complexity index is 377. The molecular formula is C15H21ClO. The first-order valence-corrected chi connectivity index (χ1v) is 6.92. The predicted octanol–water partition coefficient (Wildman–Crippen LogP) is 3.92. The Hall–Kier alpha value is -0.530. The van der Waals surface area contributed by atoms with Crippen LogP contribution in [0.5, 0.6) is 0 Å². The van der Waals surface area contributed by atoms with Crippen LogP contribution in [0.3, 0.4) is 0 Å². The van der Waals surface area contributed by atoms with Crippen molar-refractivity contribution in [3.8, 4) is 0 Å². The van der Waals surface area contributed by atoms with E-state index in [1.165, 1.54) is 30.4 Å². The van der Waals surface area contributed by atoms with E-state index >= 15 is 0 Å². The van der Waals surface area contributed by atoms with Gasteiger partial charge < -0.3 is 4.74 Å². The first kappa shape index (κ1) is 12.9. The van der Waals surface area contributed by atoms with Crippen LogP contribution in [0.15, 0.2) is 24.3 Å². The van der Waals surface area contributed by atoms with Gasteiger partial charge in [-0.1, -0.05) is 24.3 Å². The molecule has 2 heteroatoms. The van der Waals surface area contributed by atoms with Crippen LogP contribution in [0, 0.1) is 0 Å². The summed E-state index contributed by atoms with van der Waals surface area (Å²) in [7, 11) is 1.78. The summed E-state index contributed by atoms with van der Waals surface area (Å²) in [4.78, 5) is 0. The van der Waals surface area contributed by atoms with Crippen molar-refractivity contribution in [2.45, 2.75) is 44.1 Å². The van der Waals surface area contributed by atoms with Gasteiger partial charge in [0.25, 0.3) is 0 Å². The number of halogens is 1. The second-order valence-electron chi connectivity index (χ2n) is 5.18. The van der Waals surface area contributed by atoms with Crippen LogP contribution >= 0.6 is 11.6 Å². The minimum absolute atomic E-state index is 0.117. The van der Waals surface area contributed by atoms with Gasteiger partial charge in [0, 0.05) is 18.4 Å². The highest BCUT2D eigenvalue weighted by Gasteiger charge is 2.36. The van der Waals surface area contributed by atoms with E-state index in [1.807, 2.05) is 0 Å². The number of hydrogen-bond acceptors (Lipinski definition) is 1. The van der Waals surface area contributed by atoms with Gasteiger partial charge in [0.15, 0.2) is 0 Å². The molecule has 2 rings (SSSR count). The highest BCUT2D eigenvalue weighted by atomic mass is 35.5. The number of rotatable bonds is 4. The quantitative estimate of drug-likeness (QED) is 0.738. The van der Waals surface area contributed by atoms with E-state index in [9.17, 15) is 0 Å². The van der Waals surface area contributed by atoms with Crippen LogP contribution < -0.4 is 0 Å². The van der Waals surface area contributed by atoms with Crippen LogP contribution in [0.2, 0.25) is 0 Å². The Morgan fingerprint density at radius 1 is 1.41 bits per heavy atom. The number of ether oxygens (including phenoxy) is 1. The number of aryl methyl sites for hydroxylation is 1. The predicted molar refractivity (Wildman–Crippen MR) is 72.9 cm³/mol. The van der Waals surface area contributed by atoms with Gasteiger partial charge in [-0.2, -0.15) is 0 Å². The number of hydrogen-bond donors (Lipinski definition) is 0. The van der Waals surface area contributed by atoms with Gasteiger partial charge in [-0.3, -0.25) is 0 Å². The molecule has 1 nitrogen and oxygen atoms in total. The van der Waals surface area contributed by atoms with Gasteiger partial charge in [-0.05, 0) is 43.7 Å². The third kappa shape index (κ3) is 2.51. The number of alkyl halides is 1. The van der Waals surface area contributed by atoms with Gasteiger partial charge in [0.1, 0.15) is 0 Å². The van der Waals surface area contributed by atoms with Crippen molar-refractivity contribution in [1.82, 2.24) is 0 Å². The Balaban J connectivity index is 2.35. The molecule has 1 aliphatic carbocycles. The summed E-state index contributed by atoms with van der Waals surface area (Å²) >= 11 is 6.31. The Morgan fingerprint density at radius 2 is 2.18 bits per heavy atom. The molecule has 1 aromatic carbocycles. The maximum absolute atomic E-state index is 6.31. The van der Waals surface area contributed by atoms with E-state index in [4.69, 9.17) is 16.3 Å². The van der Waals surface area contributed by atoms with Crippen molar-refractivity contribution in [2.24, 2.45) is 0 Å². The summed E-state index contributed by atoms with van der Waals surface area (Å²) in [5, 5.41) is 0. The summed E-state index contributed by atoms with van der Waals surface area (Å²) in [6.07, 6.45) is 4.89. The van der Waals surface area contributed by atoms with Crippen molar-refractivity contribution in [1.29, 1.82) is 0 Å². The largest absolute Gasteiger partial charge is 0.382 e. The zero-order chi connectivity index (χ0) is 12.3. The minimum atomic E-state index is 0.117. The zero-order valence-corrected chi connectivity index (χ0v) is 11.5. The van der Waals surface area contributed by atoms with Crippen LogP contribution in [-0.4, -0.2) is 19.1 Å². The fourth-order valence-electron chi connectivity index (χ4n) is 3.05. The highest BCUT2D eigenvalue weighted by Crippen LogP contribution is 2.42. The highest BCUT2D eigenvalue weighted by molar-refractivity contribution is 6.18. The molecule has 0 heterocycles. The molecule has 0 bridgehead atoms. The van der Waals surface area contributed by atoms with Gasteiger partial charge in [0.05, 0.1) is 6.10 Å². The van der Waals surface area contributed by atoms with Crippen LogP contribution in [0.1, 0.15) is 37.3 Å². The molecule has 0 radical (unpaired) electrons. The van der Waals surface area contributed by atoms with Gasteiger partial charge in [-0.25, -0.2) is 0 Å². The molecule has 1 aromatic rings. The SMILES string of the molecule is COC(C)CC1(CCl)CCCc2ccccc21. The van der Waals surface area contributed by atoms with Crippen LogP contribution in [-0.2, 0) is 16.6 Å². The molecule has 0 saturated carbocycles. The summed E-state index contributed by atoms with van der Waals surface area (Å²) in [5.74, 6) is 0.692. The molecule has 17 heavy (non-hydrogen) atoms. The average Bonchev–Trinajstić information content (AvgIpc) is 2.39. The average molecular weight is 253 g/mol. The minimum Gasteiger partial charge on any atom is -0.382 e. The summed E-state index contributed by atoms with van der Waals surface area (Å²) < 4.78 is 5.44. The van der Waals surface area contributed by atoms with E-state index in [0.29, 0.717) is 5.88 Å². The van der Waals surface area contributed by atoms with E-state index in [1.54, 1.807) is 7.11 Å². The first-order valence-electron chi connectivity index (χ1n) is 6.39. The van der Waals surface area contributed by atoms with Crippen molar-refractivity contribution in [2.75, 3.05) is 13.0 Å². The maximum atomic E-state index is 6.31. The Labute approximate surface area is 109 Å². The fourth-order valence-corrected chi connectivity index (χ4v) is 3.43. The van der Waals surface area contributed by atoms with E-state index in [2.05, 4.69) is 31.2 Å². The van der Waals surface area contributed by atoms with Crippen molar-refractivity contribution in [3.63, 3.8) is 0 Å². The molecule has 0 spiro atoms. The lowest BCUT2D eigenvalue weighted by atomic mass is 9.68. The number of fused-ring (bicyclic) bond motifs is 1. The van der Waals surface area contributed by atoms with Crippen molar-refractivity contribution < 1.29 is 4.74 Å². The smallest absolute Gasteiger partial charge is 0.0552 e. The lowest BCUT2D eigenvalue weighted by Gasteiger charge is -2.39. The lowest BCUT2D eigenvalue weighted by Crippen LogP contribution is -2.36.